The molecule has 0 fully saturated rings. The molecule has 0 aliphatic carbocycles. The van der Waals surface area contributed by atoms with Crippen molar-refractivity contribution < 1.29 is 13.2 Å². The van der Waals surface area contributed by atoms with Crippen molar-refractivity contribution in [3.05, 3.63) is 21.2 Å². The predicted molar refractivity (Wildman–Crippen MR) is 65.9 cm³/mol. The highest BCUT2D eigenvalue weighted by atomic mass is 127. The quantitative estimate of drug-likeness (QED) is 0.593. The van der Waals surface area contributed by atoms with Gasteiger partial charge in [-0.3, -0.25) is 0 Å². The van der Waals surface area contributed by atoms with Gasteiger partial charge >= 0.3 is 6.18 Å². The Morgan fingerprint density at radius 3 is 2.71 bits per heavy atom. The standard InChI is InChI=1S/C9H6ClF3IN3/c10-7-6-5(14)3-17(2-1-9(11,12)13)8(6)16-4-15-7/h3-4H,1-2H2. The zero-order valence-corrected chi connectivity index (χ0v) is 11.2. The third-order valence-corrected chi connectivity index (χ3v) is 3.30. The molecule has 2 heterocycles. The molecule has 8 heteroatoms. The summed E-state index contributed by atoms with van der Waals surface area (Å²) in [6.07, 6.45) is -2.24. The molecule has 0 saturated heterocycles. The molecule has 2 rings (SSSR count). The first kappa shape index (κ1) is 12.9. The lowest BCUT2D eigenvalue weighted by Gasteiger charge is -2.07. The van der Waals surface area contributed by atoms with Crippen LogP contribution >= 0.6 is 34.2 Å². The van der Waals surface area contributed by atoms with Crippen LogP contribution in [0, 0.1) is 3.57 Å². The number of hydrogen-bond acceptors (Lipinski definition) is 2. The summed E-state index contributed by atoms with van der Waals surface area (Å²) < 4.78 is 38.6. The summed E-state index contributed by atoms with van der Waals surface area (Å²) in [6.45, 7) is -0.170. The van der Waals surface area contributed by atoms with Gasteiger partial charge in [0.25, 0.3) is 0 Å². The lowest BCUT2D eigenvalue weighted by molar-refractivity contribution is -0.136. The number of hydrogen-bond donors (Lipinski definition) is 0. The average Bonchev–Trinajstić information content (AvgIpc) is 2.53. The van der Waals surface area contributed by atoms with E-state index in [2.05, 4.69) is 9.97 Å². The lowest BCUT2D eigenvalue weighted by Crippen LogP contribution is -2.12. The van der Waals surface area contributed by atoms with Gasteiger partial charge in [-0.25, -0.2) is 9.97 Å². The van der Waals surface area contributed by atoms with E-state index >= 15 is 0 Å². The van der Waals surface area contributed by atoms with E-state index in [-0.39, 0.29) is 11.7 Å². The Morgan fingerprint density at radius 1 is 1.35 bits per heavy atom. The molecule has 0 atom stereocenters. The highest BCUT2D eigenvalue weighted by molar-refractivity contribution is 14.1. The molecular formula is C9H6ClF3IN3. The zero-order chi connectivity index (χ0) is 12.6. The smallest absolute Gasteiger partial charge is 0.331 e. The van der Waals surface area contributed by atoms with Gasteiger partial charge in [-0.15, -0.1) is 0 Å². The normalized spacial score (nSPS) is 12.3. The van der Waals surface area contributed by atoms with Gasteiger partial charge in [0, 0.05) is 16.3 Å². The molecule has 3 nitrogen and oxygen atoms in total. The van der Waals surface area contributed by atoms with Gasteiger partial charge in [0.05, 0.1) is 11.8 Å². The van der Waals surface area contributed by atoms with Gasteiger partial charge in [0.2, 0.25) is 0 Å². The fourth-order valence-electron chi connectivity index (χ4n) is 1.46. The summed E-state index contributed by atoms with van der Waals surface area (Å²) in [5, 5.41) is 0.849. The minimum absolute atomic E-state index is 0.170. The van der Waals surface area contributed by atoms with Gasteiger partial charge in [0.15, 0.2) is 0 Å². The lowest BCUT2D eigenvalue weighted by atomic mass is 10.4. The number of aromatic nitrogens is 3. The van der Waals surface area contributed by atoms with Crippen molar-refractivity contribution in [3.8, 4) is 0 Å². The minimum Gasteiger partial charge on any atom is -0.331 e. The van der Waals surface area contributed by atoms with E-state index in [1.807, 2.05) is 22.6 Å². The van der Waals surface area contributed by atoms with E-state index in [4.69, 9.17) is 11.6 Å². The second-order valence-corrected chi connectivity index (χ2v) is 4.92. The van der Waals surface area contributed by atoms with E-state index in [1.165, 1.54) is 10.9 Å². The molecule has 0 spiro atoms. The summed E-state index contributed by atoms with van der Waals surface area (Å²) in [6, 6.07) is 0. The maximum atomic E-state index is 12.2. The molecule has 0 aliphatic rings. The Morgan fingerprint density at radius 2 is 2.06 bits per heavy atom. The molecule has 0 unspecified atom stereocenters. The Bertz CT molecular complexity index is 552. The van der Waals surface area contributed by atoms with E-state index in [0.717, 1.165) is 3.57 Å². The maximum absolute atomic E-state index is 12.2. The van der Waals surface area contributed by atoms with Crippen molar-refractivity contribution in [1.29, 1.82) is 0 Å². The first-order valence-electron chi connectivity index (χ1n) is 4.60. The van der Waals surface area contributed by atoms with Crippen LogP contribution in [-0.4, -0.2) is 20.7 Å². The topological polar surface area (TPSA) is 30.7 Å². The van der Waals surface area contributed by atoms with E-state index in [9.17, 15) is 13.2 Å². The SMILES string of the molecule is FC(F)(F)CCn1cc(I)c2c(Cl)ncnc21. The summed E-state index contributed by atoms with van der Waals surface area (Å²) in [5.41, 5.74) is 0.429. The Labute approximate surface area is 113 Å². The van der Waals surface area contributed by atoms with Crippen molar-refractivity contribution in [2.45, 2.75) is 19.1 Å². The Balaban J connectivity index is 2.39. The molecule has 0 saturated carbocycles. The number of fused-ring (bicyclic) bond motifs is 1. The van der Waals surface area contributed by atoms with Gasteiger partial charge in [-0.05, 0) is 22.6 Å². The molecule has 2 aromatic rings. The number of nitrogens with zero attached hydrogens (tertiary/aromatic N) is 3. The summed E-state index contributed by atoms with van der Waals surface area (Å²) >= 11 is 7.87. The van der Waals surface area contributed by atoms with Crippen LogP contribution in [0.1, 0.15) is 6.42 Å². The highest BCUT2D eigenvalue weighted by Crippen LogP contribution is 2.28. The van der Waals surface area contributed by atoms with Crippen LogP contribution in [0.4, 0.5) is 13.2 Å². The van der Waals surface area contributed by atoms with E-state index in [1.54, 1.807) is 6.20 Å². The third kappa shape index (κ3) is 2.82. The van der Waals surface area contributed by atoms with Crippen LogP contribution in [0.2, 0.25) is 5.15 Å². The summed E-state index contributed by atoms with van der Waals surface area (Å²) in [4.78, 5) is 7.76. The summed E-state index contributed by atoms with van der Waals surface area (Å²) in [5.74, 6) is 0. The zero-order valence-electron chi connectivity index (χ0n) is 8.30. The van der Waals surface area contributed by atoms with Crippen LogP contribution in [0.5, 0.6) is 0 Å². The van der Waals surface area contributed by atoms with E-state index < -0.39 is 12.6 Å². The average molecular weight is 376 g/mol. The second-order valence-electron chi connectivity index (χ2n) is 3.40. The molecule has 0 bridgehead atoms. The molecule has 92 valence electrons. The van der Waals surface area contributed by atoms with Crippen LogP contribution in [0.15, 0.2) is 12.5 Å². The fraction of sp³-hybridized carbons (Fsp3) is 0.333. The van der Waals surface area contributed by atoms with Gasteiger partial charge in [0.1, 0.15) is 17.1 Å². The number of aryl methyl sites for hydroxylation is 1. The molecule has 0 aromatic carbocycles. The van der Waals surface area contributed by atoms with Crippen LogP contribution in [0.25, 0.3) is 11.0 Å². The number of alkyl halides is 3. The Kier molecular flexibility index (Phi) is 3.48. The third-order valence-electron chi connectivity index (χ3n) is 2.20. The number of rotatable bonds is 2. The van der Waals surface area contributed by atoms with Crippen LogP contribution in [0.3, 0.4) is 0 Å². The maximum Gasteiger partial charge on any atom is 0.390 e. The molecule has 2 aromatic heterocycles. The van der Waals surface area contributed by atoms with Gasteiger partial charge in [-0.2, -0.15) is 13.2 Å². The predicted octanol–water partition coefficient (Wildman–Crippen LogP) is 3.64. The van der Waals surface area contributed by atoms with Crippen molar-refractivity contribution in [3.63, 3.8) is 0 Å². The molecular weight excluding hydrogens is 369 g/mol. The first-order valence-corrected chi connectivity index (χ1v) is 6.06. The number of halogens is 5. The second kappa shape index (κ2) is 4.60. The fourth-order valence-corrected chi connectivity index (χ4v) is 2.68. The Hall–Kier alpha value is -0.570. The van der Waals surface area contributed by atoms with Crippen molar-refractivity contribution in [2.75, 3.05) is 0 Å². The molecule has 0 amide bonds. The highest BCUT2D eigenvalue weighted by Gasteiger charge is 2.27. The van der Waals surface area contributed by atoms with E-state index in [0.29, 0.717) is 11.0 Å². The molecule has 17 heavy (non-hydrogen) atoms. The van der Waals surface area contributed by atoms with Crippen LogP contribution < -0.4 is 0 Å². The largest absolute Gasteiger partial charge is 0.390 e. The van der Waals surface area contributed by atoms with Gasteiger partial charge < -0.3 is 4.57 Å². The van der Waals surface area contributed by atoms with Crippen molar-refractivity contribution >= 4 is 45.2 Å². The summed E-state index contributed by atoms with van der Waals surface area (Å²) in [7, 11) is 0. The molecule has 0 N–H and O–H groups in total. The van der Waals surface area contributed by atoms with Crippen molar-refractivity contribution in [1.82, 2.24) is 14.5 Å². The van der Waals surface area contributed by atoms with Crippen LogP contribution in [-0.2, 0) is 6.54 Å². The molecule has 0 radical (unpaired) electrons. The van der Waals surface area contributed by atoms with Gasteiger partial charge in [-0.1, -0.05) is 11.6 Å². The first-order chi connectivity index (χ1) is 7.88. The van der Waals surface area contributed by atoms with Crippen molar-refractivity contribution in [2.24, 2.45) is 0 Å². The molecule has 0 aliphatic heterocycles. The monoisotopic (exact) mass is 375 g/mol. The minimum atomic E-state index is -4.18.